The van der Waals surface area contributed by atoms with Gasteiger partial charge in [0.15, 0.2) is 5.96 Å². The van der Waals surface area contributed by atoms with Gasteiger partial charge in [-0.15, -0.1) is 24.0 Å². The number of hydrogen-bond donors (Lipinski definition) is 2. The summed E-state index contributed by atoms with van der Waals surface area (Å²) in [7, 11) is 1.75. The summed E-state index contributed by atoms with van der Waals surface area (Å²) in [6.07, 6.45) is 1.16. The predicted octanol–water partition coefficient (Wildman–Crippen LogP) is 3.22. The quantitative estimate of drug-likeness (QED) is 0.211. The molecule has 1 aromatic carbocycles. The molecule has 2 N–H and O–H groups in total. The molecule has 0 spiro atoms. The van der Waals surface area contributed by atoms with Gasteiger partial charge in [0.1, 0.15) is 0 Å². The van der Waals surface area contributed by atoms with E-state index in [1.54, 1.807) is 7.05 Å². The van der Waals surface area contributed by atoms with Crippen LogP contribution in [0.4, 0.5) is 0 Å². The Morgan fingerprint density at radius 3 is 2.50 bits per heavy atom. The summed E-state index contributed by atoms with van der Waals surface area (Å²) in [4.78, 5) is 15.5. The maximum absolute atomic E-state index is 11.3. The fourth-order valence-corrected chi connectivity index (χ4v) is 2.16. The molecule has 6 heteroatoms. The first kappa shape index (κ1) is 22.7. The van der Waals surface area contributed by atoms with Crippen molar-refractivity contribution in [3.05, 3.63) is 35.4 Å². The van der Waals surface area contributed by atoms with Crippen molar-refractivity contribution in [2.45, 2.75) is 39.5 Å². The molecule has 0 aliphatic heterocycles. The zero-order valence-corrected chi connectivity index (χ0v) is 17.4. The van der Waals surface area contributed by atoms with Gasteiger partial charge < -0.3 is 15.4 Å². The van der Waals surface area contributed by atoms with Gasteiger partial charge in [0, 0.05) is 26.6 Å². The number of benzene rings is 1. The highest BCUT2D eigenvalue weighted by Crippen LogP contribution is 2.14. The second-order valence-electron chi connectivity index (χ2n) is 5.60. The average molecular weight is 447 g/mol. The largest absolute Gasteiger partial charge is 0.466 e. The number of ether oxygens (including phenoxy) is 1. The van der Waals surface area contributed by atoms with Crippen LogP contribution < -0.4 is 10.6 Å². The summed E-state index contributed by atoms with van der Waals surface area (Å²) in [5.41, 5.74) is 2.58. The molecule has 0 aromatic heterocycles. The van der Waals surface area contributed by atoms with Crippen LogP contribution in [0.1, 0.15) is 43.7 Å². The predicted molar refractivity (Wildman–Crippen MR) is 110 cm³/mol. The molecule has 1 aromatic rings. The molecular formula is C18H30IN3O2. The minimum atomic E-state index is -0.148. The maximum atomic E-state index is 11.3. The van der Waals surface area contributed by atoms with Crippen LogP contribution in [0.3, 0.4) is 0 Å². The van der Waals surface area contributed by atoms with Crippen LogP contribution in [-0.2, 0) is 9.53 Å². The summed E-state index contributed by atoms with van der Waals surface area (Å²) in [6.45, 7) is 8.03. The van der Waals surface area contributed by atoms with E-state index in [4.69, 9.17) is 4.74 Å². The molecule has 0 saturated carbocycles. The highest BCUT2D eigenvalue weighted by atomic mass is 127. The van der Waals surface area contributed by atoms with E-state index in [2.05, 4.69) is 53.7 Å². The molecule has 5 nitrogen and oxygen atoms in total. The Balaban J connectivity index is 0.00000529. The first-order valence-electron chi connectivity index (χ1n) is 8.23. The third-order valence-corrected chi connectivity index (χ3v) is 3.60. The van der Waals surface area contributed by atoms with Crippen molar-refractivity contribution in [2.75, 3.05) is 26.7 Å². The van der Waals surface area contributed by atoms with Gasteiger partial charge in [-0.3, -0.25) is 9.79 Å². The fraction of sp³-hybridized carbons (Fsp3) is 0.556. The Labute approximate surface area is 162 Å². The van der Waals surface area contributed by atoms with Gasteiger partial charge in [-0.05, 0) is 31.7 Å². The lowest BCUT2D eigenvalue weighted by Gasteiger charge is -2.16. The Bertz CT molecular complexity index is 503. The van der Waals surface area contributed by atoms with Crippen LogP contribution in [0.5, 0.6) is 0 Å². The Morgan fingerprint density at radius 2 is 1.92 bits per heavy atom. The topological polar surface area (TPSA) is 62.7 Å². The summed E-state index contributed by atoms with van der Waals surface area (Å²) in [5.74, 6) is 1.01. The summed E-state index contributed by atoms with van der Waals surface area (Å²) in [5, 5.41) is 6.53. The molecule has 1 unspecified atom stereocenters. The first-order valence-corrected chi connectivity index (χ1v) is 8.23. The average Bonchev–Trinajstić information content (AvgIpc) is 2.55. The number of rotatable bonds is 8. The lowest BCUT2D eigenvalue weighted by atomic mass is 10.0. The van der Waals surface area contributed by atoms with E-state index < -0.39 is 0 Å². The highest BCUT2D eigenvalue weighted by Gasteiger charge is 2.07. The zero-order valence-electron chi connectivity index (χ0n) is 15.1. The standard InChI is InChI=1S/C18H29N3O2.HI/c1-5-23-17(22)7-6-12-20-18(19-4)21-13-15(3)16-10-8-14(2)9-11-16;/h8-11,15H,5-7,12-13H2,1-4H3,(H2,19,20,21);1H. The number of guanidine groups is 1. The smallest absolute Gasteiger partial charge is 0.305 e. The SMILES string of the molecule is CCOC(=O)CCCNC(=NC)NCC(C)c1ccc(C)cc1.I. The van der Waals surface area contributed by atoms with Gasteiger partial charge in [0.05, 0.1) is 6.61 Å². The van der Waals surface area contributed by atoms with Crippen LogP contribution in [-0.4, -0.2) is 38.7 Å². The van der Waals surface area contributed by atoms with E-state index >= 15 is 0 Å². The molecule has 0 bridgehead atoms. The molecular weight excluding hydrogens is 417 g/mol. The van der Waals surface area contributed by atoms with Gasteiger partial charge in [-0.2, -0.15) is 0 Å². The molecule has 0 saturated heterocycles. The third-order valence-electron chi connectivity index (χ3n) is 3.60. The van der Waals surface area contributed by atoms with Crippen molar-refractivity contribution in [1.82, 2.24) is 10.6 Å². The van der Waals surface area contributed by atoms with E-state index in [-0.39, 0.29) is 29.9 Å². The van der Waals surface area contributed by atoms with Gasteiger partial charge >= 0.3 is 5.97 Å². The number of nitrogens with zero attached hydrogens (tertiary/aromatic N) is 1. The summed E-state index contributed by atoms with van der Waals surface area (Å²) in [6, 6.07) is 8.59. The number of aliphatic imine (C=N–C) groups is 1. The fourth-order valence-electron chi connectivity index (χ4n) is 2.16. The Morgan fingerprint density at radius 1 is 1.25 bits per heavy atom. The van der Waals surface area contributed by atoms with Crippen molar-refractivity contribution in [3.8, 4) is 0 Å². The van der Waals surface area contributed by atoms with Gasteiger partial charge in [-0.1, -0.05) is 36.8 Å². The minimum Gasteiger partial charge on any atom is -0.466 e. The lowest BCUT2D eigenvalue weighted by molar-refractivity contribution is -0.143. The molecule has 24 heavy (non-hydrogen) atoms. The zero-order chi connectivity index (χ0) is 17.1. The number of nitrogens with one attached hydrogen (secondary N) is 2. The molecule has 1 rings (SSSR count). The van der Waals surface area contributed by atoms with Crippen molar-refractivity contribution in [3.63, 3.8) is 0 Å². The molecule has 0 heterocycles. The van der Waals surface area contributed by atoms with E-state index in [0.717, 1.165) is 18.9 Å². The van der Waals surface area contributed by atoms with Crippen LogP contribution >= 0.6 is 24.0 Å². The van der Waals surface area contributed by atoms with Crippen LogP contribution in [0, 0.1) is 6.92 Å². The molecule has 136 valence electrons. The van der Waals surface area contributed by atoms with Crippen LogP contribution in [0.2, 0.25) is 0 Å². The number of aryl methyl sites for hydroxylation is 1. The summed E-state index contributed by atoms with van der Waals surface area (Å²) >= 11 is 0. The van der Waals surface area contributed by atoms with Crippen LogP contribution in [0.15, 0.2) is 29.3 Å². The van der Waals surface area contributed by atoms with Gasteiger partial charge in [0.25, 0.3) is 0 Å². The van der Waals surface area contributed by atoms with Crippen molar-refractivity contribution >= 4 is 35.9 Å². The van der Waals surface area contributed by atoms with E-state index in [1.807, 2.05) is 6.92 Å². The van der Waals surface area contributed by atoms with Gasteiger partial charge in [-0.25, -0.2) is 0 Å². The minimum absolute atomic E-state index is 0. The third kappa shape index (κ3) is 9.10. The van der Waals surface area contributed by atoms with Gasteiger partial charge in [0.2, 0.25) is 0 Å². The molecule has 1 atom stereocenters. The van der Waals surface area contributed by atoms with Crippen molar-refractivity contribution in [1.29, 1.82) is 0 Å². The number of carbonyl (C=O) groups excluding carboxylic acids is 1. The van der Waals surface area contributed by atoms with Crippen molar-refractivity contribution in [2.24, 2.45) is 4.99 Å². The summed E-state index contributed by atoms with van der Waals surface area (Å²) < 4.78 is 4.90. The molecule has 0 aliphatic carbocycles. The number of carbonyl (C=O) groups is 1. The number of halogens is 1. The second kappa shape index (κ2) is 13.0. The molecule has 0 fully saturated rings. The Hall–Kier alpha value is -1.31. The van der Waals surface area contributed by atoms with Crippen molar-refractivity contribution < 1.29 is 9.53 Å². The van der Waals surface area contributed by atoms with E-state index in [0.29, 0.717) is 25.5 Å². The lowest BCUT2D eigenvalue weighted by Crippen LogP contribution is -2.39. The van der Waals surface area contributed by atoms with Crippen LogP contribution in [0.25, 0.3) is 0 Å². The number of hydrogen-bond acceptors (Lipinski definition) is 3. The number of esters is 1. The highest BCUT2D eigenvalue weighted by molar-refractivity contribution is 14.0. The van der Waals surface area contributed by atoms with E-state index in [9.17, 15) is 4.79 Å². The normalized spacial score (nSPS) is 12.1. The Kier molecular flexibility index (Phi) is 12.3. The molecule has 0 aliphatic rings. The molecule has 0 amide bonds. The van der Waals surface area contributed by atoms with E-state index in [1.165, 1.54) is 11.1 Å². The second-order valence-corrected chi connectivity index (χ2v) is 5.60. The maximum Gasteiger partial charge on any atom is 0.305 e. The monoisotopic (exact) mass is 447 g/mol. The first-order chi connectivity index (χ1) is 11.1. The molecule has 0 radical (unpaired) electrons.